The van der Waals surface area contributed by atoms with Gasteiger partial charge in [0.1, 0.15) is 11.4 Å². The zero-order valence-electron chi connectivity index (χ0n) is 16.0. The van der Waals surface area contributed by atoms with Crippen molar-refractivity contribution >= 4 is 29.6 Å². The van der Waals surface area contributed by atoms with Crippen molar-refractivity contribution in [1.29, 1.82) is 0 Å². The summed E-state index contributed by atoms with van der Waals surface area (Å²) in [7, 11) is 1.64. The molecule has 0 atom stereocenters. The van der Waals surface area contributed by atoms with E-state index in [0.29, 0.717) is 18.2 Å². The van der Waals surface area contributed by atoms with Crippen molar-refractivity contribution < 1.29 is 4.74 Å². The Bertz CT molecular complexity index is 966. The maximum Gasteiger partial charge on any atom is 0.187 e. The molecule has 2 aromatic carbocycles. The summed E-state index contributed by atoms with van der Waals surface area (Å²) in [5.74, 6) is 0.825. The Labute approximate surface area is 175 Å². The van der Waals surface area contributed by atoms with E-state index in [-0.39, 0.29) is 0 Å². The molecule has 1 heterocycles. The average Bonchev–Trinajstić information content (AvgIpc) is 3.20. The third kappa shape index (κ3) is 6.86. The van der Waals surface area contributed by atoms with E-state index in [9.17, 15) is 0 Å². The Morgan fingerprint density at radius 2 is 1.93 bits per heavy atom. The molecule has 0 saturated heterocycles. The Kier molecular flexibility index (Phi) is 7.48. The fourth-order valence-corrected chi connectivity index (χ4v) is 2.61. The summed E-state index contributed by atoms with van der Waals surface area (Å²) in [6.07, 6.45) is 7.09. The first-order valence-electron chi connectivity index (χ1n) is 9.03. The number of aromatic nitrogens is 3. The molecule has 3 rings (SSSR count). The molecule has 0 bridgehead atoms. The molecule has 0 unspecified atom stereocenters. The van der Waals surface area contributed by atoms with Crippen molar-refractivity contribution in [3.63, 3.8) is 0 Å². The van der Waals surface area contributed by atoms with Gasteiger partial charge in [-0.15, -0.1) is 5.10 Å². The summed E-state index contributed by atoms with van der Waals surface area (Å²) >= 11 is 5.20. The largest absolute Gasteiger partial charge is 0.497 e. The molecule has 0 saturated carbocycles. The number of ether oxygens (including phenoxy) is 1. The zero-order chi connectivity index (χ0) is 20.3. The molecule has 8 heteroatoms. The zero-order valence-corrected chi connectivity index (χ0v) is 16.8. The first-order valence-corrected chi connectivity index (χ1v) is 9.44. The molecule has 2 N–H and O–H groups in total. The van der Waals surface area contributed by atoms with Crippen molar-refractivity contribution in [1.82, 2.24) is 25.7 Å². The highest BCUT2D eigenvalue weighted by Crippen LogP contribution is 2.10. The number of rotatable bonds is 8. The Hall–Kier alpha value is -3.52. The number of allylic oxidation sites excluding steroid dienone is 1. The smallest absolute Gasteiger partial charge is 0.187 e. The van der Waals surface area contributed by atoms with Crippen molar-refractivity contribution in [3.05, 3.63) is 83.7 Å². The van der Waals surface area contributed by atoms with E-state index in [1.165, 1.54) is 5.56 Å². The lowest BCUT2D eigenvalue weighted by Gasteiger charge is -2.07. The fraction of sp³-hybridized carbons (Fsp3) is 0.143. The number of hydrogen-bond donors (Lipinski definition) is 2. The number of hydrogen-bond acceptors (Lipinski definition) is 5. The van der Waals surface area contributed by atoms with Crippen LogP contribution in [-0.4, -0.2) is 33.4 Å². The van der Waals surface area contributed by atoms with Crippen LogP contribution in [0.1, 0.15) is 16.8 Å². The van der Waals surface area contributed by atoms with Gasteiger partial charge in [0.05, 0.1) is 19.9 Å². The summed E-state index contributed by atoms with van der Waals surface area (Å²) in [4.78, 5) is 0. The van der Waals surface area contributed by atoms with Gasteiger partial charge in [-0.2, -0.15) is 5.10 Å². The van der Waals surface area contributed by atoms with Crippen LogP contribution < -0.4 is 15.5 Å². The molecule has 1 aromatic heterocycles. The van der Waals surface area contributed by atoms with E-state index in [4.69, 9.17) is 17.0 Å². The molecular formula is C21H22N6OS. The van der Waals surface area contributed by atoms with Crippen LogP contribution in [0.5, 0.6) is 5.75 Å². The van der Waals surface area contributed by atoms with Crippen molar-refractivity contribution in [3.8, 4) is 5.75 Å². The fourth-order valence-electron chi connectivity index (χ4n) is 2.48. The SMILES string of the molecule is COc1ccc(CNC(=S)N/N=C\C=C\c2cn(Cc3ccccc3)nn2)cc1. The lowest BCUT2D eigenvalue weighted by atomic mass is 10.2. The maximum atomic E-state index is 5.20. The van der Waals surface area contributed by atoms with Gasteiger partial charge in [-0.1, -0.05) is 47.7 Å². The molecule has 7 nitrogen and oxygen atoms in total. The number of benzene rings is 2. The van der Waals surface area contributed by atoms with Crippen LogP contribution in [-0.2, 0) is 13.1 Å². The second kappa shape index (κ2) is 10.7. The monoisotopic (exact) mass is 406 g/mol. The molecular weight excluding hydrogens is 384 g/mol. The third-order valence-electron chi connectivity index (χ3n) is 3.95. The van der Waals surface area contributed by atoms with Gasteiger partial charge in [0, 0.05) is 12.8 Å². The summed E-state index contributed by atoms with van der Waals surface area (Å²) in [6.45, 7) is 1.29. The van der Waals surface area contributed by atoms with E-state index in [1.54, 1.807) is 24.1 Å². The molecule has 148 valence electrons. The van der Waals surface area contributed by atoms with Gasteiger partial charge < -0.3 is 10.1 Å². The molecule has 29 heavy (non-hydrogen) atoms. The number of methoxy groups -OCH3 is 1. The highest BCUT2D eigenvalue weighted by molar-refractivity contribution is 7.80. The van der Waals surface area contributed by atoms with Gasteiger partial charge in [0.2, 0.25) is 0 Å². The topological polar surface area (TPSA) is 76.4 Å². The Morgan fingerprint density at radius 3 is 2.69 bits per heavy atom. The molecule has 0 spiro atoms. The van der Waals surface area contributed by atoms with Crippen LogP contribution in [0.4, 0.5) is 0 Å². The molecule has 0 radical (unpaired) electrons. The Balaban J connectivity index is 1.39. The molecule has 0 fully saturated rings. The van der Waals surface area contributed by atoms with Gasteiger partial charge >= 0.3 is 0 Å². The standard InChI is InChI=1S/C21H22N6OS/c1-28-20-11-9-17(10-12-20)14-22-21(29)25-23-13-5-8-19-16-27(26-24-19)15-18-6-3-2-4-7-18/h2-13,16H,14-15H2,1H3,(H2,22,25,29)/b8-5+,23-13-. The second-order valence-electron chi connectivity index (χ2n) is 6.11. The minimum Gasteiger partial charge on any atom is -0.497 e. The summed E-state index contributed by atoms with van der Waals surface area (Å²) in [5.41, 5.74) is 5.80. The van der Waals surface area contributed by atoms with Crippen molar-refractivity contribution in [2.45, 2.75) is 13.1 Å². The lowest BCUT2D eigenvalue weighted by Crippen LogP contribution is -2.31. The predicted octanol–water partition coefficient (Wildman–Crippen LogP) is 3.00. The number of thiocarbonyl (C=S) groups is 1. The third-order valence-corrected chi connectivity index (χ3v) is 4.19. The van der Waals surface area contributed by atoms with Gasteiger partial charge in [-0.3, -0.25) is 5.43 Å². The molecule has 0 aliphatic carbocycles. The normalized spacial score (nSPS) is 11.1. The van der Waals surface area contributed by atoms with Crippen LogP contribution in [0, 0.1) is 0 Å². The molecule has 0 aliphatic heterocycles. The molecule has 0 aliphatic rings. The van der Waals surface area contributed by atoms with Gasteiger partial charge in [-0.05, 0) is 47.6 Å². The predicted molar refractivity (Wildman–Crippen MR) is 119 cm³/mol. The highest BCUT2D eigenvalue weighted by Gasteiger charge is 1.98. The lowest BCUT2D eigenvalue weighted by molar-refractivity contribution is 0.414. The van der Waals surface area contributed by atoms with E-state index in [0.717, 1.165) is 17.0 Å². The van der Waals surface area contributed by atoms with Crippen LogP contribution in [0.3, 0.4) is 0 Å². The number of nitrogens with one attached hydrogen (secondary N) is 2. The van der Waals surface area contributed by atoms with E-state index in [1.807, 2.05) is 54.7 Å². The van der Waals surface area contributed by atoms with Crippen molar-refractivity contribution in [2.24, 2.45) is 5.10 Å². The van der Waals surface area contributed by atoms with Gasteiger partial charge in [-0.25, -0.2) is 4.68 Å². The van der Waals surface area contributed by atoms with Gasteiger partial charge in [0.25, 0.3) is 0 Å². The van der Waals surface area contributed by atoms with E-state index in [2.05, 4.69) is 38.3 Å². The van der Waals surface area contributed by atoms with Crippen LogP contribution >= 0.6 is 12.2 Å². The quantitative estimate of drug-likeness (QED) is 0.340. The first-order chi connectivity index (χ1) is 14.2. The van der Waals surface area contributed by atoms with Gasteiger partial charge in [0.15, 0.2) is 5.11 Å². The minimum atomic E-state index is 0.444. The Morgan fingerprint density at radius 1 is 1.14 bits per heavy atom. The molecule has 3 aromatic rings. The van der Waals surface area contributed by atoms with Crippen LogP contribution in [0.25, 0.3) is 6.08 Å². The van der Waals surface area contributed by atoms with E-state index >= 15 is 0 Å². The summed E-state index contributed by atoms with van der Waals surface area (Å²) in [6, 6.07) is 17.9. The van der Waals surface area contributed by atoms with Crippen LogP contribution in [0.15, 0.2) is 72.0 Å². The summed E-state index contributed by atoms with van der Waals surface area (Å²) < 4.78 is 6.93. The average molecular weight is 407 g/mol. The number of nitrogens with zero attached hydrogens (tertiary/aromatic N) is 4. The molecule has 0 amide bonds. The highest BCUT2D eigenvalue weighted by atomic mass is 32.1. The summed E-state index contributed by atoms with van der Waals surface area (Å²) in [5, 5.41) is 15.8. The maximum absolute atomic E-state index is 5.20. The van der Waals surface area contributed by atoms with Crippen LogP contribution in [0.2, 0.25) is 0 Å². The second-order valence-corrected chi connectivity index (χ2v) is 6.51. The van der Waals surface area contributed by atoms with E-state index < -0.39 is 0 Å². The minimum absolute atomic E-state index is 0.444. The first kappa shape index (κ1) is 20.2. The number of hydrazone groups is 1. The van der Waals surface area contributed by atoms with Crippen molar-refractivity contribution in [2.75, 3.05) is 7.11 Å².